The predicted octanol–water partition coefficient (Wildman–Crippen LogP) is 4.41. The highest BCUT2D eigenvalue weighted by Crippen LogP contribution is 2.26. The molecule has 0 aliphatic rings. The molecule has 0 aliphatic carbocycles. The fourth-order valence-electron chi connectivity index (χ4n) is 3.47. The molecule has 4 rings (SSSR count). The Bertz CT molecular complexity index is 1250. The van der Waals surface area contributed by atoms with Crippen LogP contribution in [0.25, 0.3) is 22.2 Å². The van der Waals surface area contributed by atoms with Gasteiger partial charge in [0, 0.05) is 11.3 Å². The Hall–Kier alpha value is -3.93. The van der Waals surface area contributed by atoms with Crippen molar-refractivity contribution in [2.75, 3.05) is 11.9 Å². The zero-order valence-electron chi connectivity index (χ0n) is 17.4. The van der Waals surface area contributed by atoms with E-state index in [1.54, 1.807) is 6.26 Å². The van der Waals surface area contributed by atoms with Crippen LogP contribution < -0.4 is 10.6 Å². The molecule has 1 heterocycles. The first-order chi connectivity index (χ1) is 15.0. The molecule has 0 saturated heterocycles. The lowest BCUT2D eigenvalue weighted by molar-refractivity contribution is -0.123. The molecule has 6 nitrogen and oxygen atoms in total. The van der Waals surface area contributed by atoms with Gasteiger partial charge in [-0.25, -0.2) is 4.98 Å². The van der Waals surface area contributed by atoms with Crippen molar-refractivity contribution in [3.05, 3.63) is 83.7 Å². The summed E-state index contributed by atoms with van der Waals surface area (Å²) in [6, 6.07) is 19.3. The van der Waals surface area contributed by atoms with Crippen LogP contribution in [0.1, 0.15) is 16.8 Å². The standard InChI is InChI=1S/C25H23N3O3/c1-16-10-11-20(13-22(16)25-27-17(2)15-31-25)28-24(30)14-26-23(29)12-19-8-5-7-18-6-3-4-9-21(18)19/h3-11,13,15H,12,14H2,1-2H3,(H,26,29)(H,28,30). The van der Waals surface area contributed by atoms with Crippen LogP contribution in [0.3, 0.4) is 0 Å². The van der Waals surface area contributed by atoms with Gasteiger partial charge in [0.1, 0.15) is 6.26 Å². The third-order valence-corrected chi connectivity index (χ3v) is 5.05. The summed E-state index contributed by atoms with van der Waals surface area (Å²) in [5.41, 5.74) is 4.14. The molecule has 0 fully saturated rings. The van der Waals surface area contributed by atoms with Crippen LogP contribution in [-0.4, -0.2) is 23.3 Å². The Kier molecular flexibility index (Phi) is 5.80. The van der Waals surface area contributed by atoms with E-state index < -0.39 is 0 Å². The van der Waals surface area contributed by atoms with E-state index in [-0.39, 0.29) is 24.8 Å². The first kappa shape index (κ1) is 20.3. The Labute approximate surface area is 180 Å². The number of oxazole rings is 1. The number of carbonyl (C=O) groups is 2. The highest BCUT2D eigenvalue weighted by Gasteiger charge is 2.12. The van der Waals surface area contributed by atoms with E-state index in [0.29, 0.717) is 11.6 Å². The Balaban J connectivity index is 1.36. The maximum Gasteiger partial charge on any atom is 0.243 e. The number of hydrogen-bond acceptors (Lipinski definition) is 4. The van der Waals surface area contributed by atoms with Crippen molar-refractivity contribution in [1.29, 1.82) is 0 Å². The molecule has 0 atom stereocenters. The van der Waals surface area contributed by atoms with Gasteiger partial charge in [0.15, 0.2) is 0 Å². The van der Waals surface area contributed by atoms with Crippen molar-refractivity contribution in [1.82, 2.24) is 10.3 Å². The van der Waals surface area contributed by atoms with Gasteiger partial charge < -0.3 is 15.1 Å². The number of nitrogens with one attached hydrogen (secondary N) is 2. The van der Waals surface area contributed by atoms with Crippen molar-refractivity contribution in [2.24, 2.45) is 0 Å². The molecular formula is C25H23N3O3. The van der Waals surface area contributed by atoms with Gasteiger partial charge in [-0.1, -0.05) is 48.5 Å². The molecule has 6 heteroatoms. The van der Waals surface area contributed by atoms with Crippen molar-refractivity contribution < 1.29 is 14.0 Å². The van der Waals surface area contributed by atoms with E-state index in [2.05, 4.69) is 15.6 Å². The van der Waals surface area contributed by atoms with Crippen LogP contribution in [0, 0.1) is 13.8 Å². The highest BCUT2D eigenvalue weighted by molar-refractivity contribution is 5.96. The van der Waals surface area contributed by atoms with Gasteiger partial charge in [-0.2, -0.15) is 0 Å². The molecule has 31 heavy (non-hydrogen) atoms. The second-order valence-electron chi connectivity index (χ2n) is 7.46. The summed E-state index contributed by atoms with van der Waals surface area (Å²) in [6.07, 6.45) is 1.80. The molecule has 156 valence electrons. The molecule has 0 aliphatic heterocycles. The largest absolute Gasteiger partial charge is 0.444 e. The van der Waals surface area contributed by atoms with Gasteiger partial charge in [0.05, 0.1) is 18.7 Å². The van der Waals surface area contributed by atoms with Crippen molar-refractivity contribution in [3.63, 3.8) is 0 Å². The molecule has 1 aromatic heterocycles. The minimum Gasteiger partial charge on any atom is -0.444 e. The maximum absolute atomic E-state index is 12.4. The SMILES string of the molecule is Cc1coc(-c2cc(NC(=O)CNC(=O)Cc3cccc4ccccc34)ccc2C)n1. The fraction of sp³-hybridized carbons (Fsp3) is 0.160. The normalized spacial score (nSPS) is 10.8. The van der Waals surface area contributed by atoms with Crippen molar-refractivity contribution in [2.45, 2.75) is 20.3 Å². The van der Waals surface area contributed by atoms with Gasteiger partial charge in [-0.05, 0) is 47.9 Å². The minimum atomic E-state index is -0.301. The number of carbonyl (C=O) groups excluding carboxylic acids is 2. The molecule has 4 aromatic rings. The minimum absolute atomic E-state index is 0.106. The Morgan fingerprint density at radius 2 is 1.77 bits per heavy atom. The zero-order chi connectivity index (χ0) is 21.8. The topological polar surface area (TPSA) is 84.2 Å². The average Bonchev–Trinajstić information content (AvgIpc) is 3.20. The smallest absolute Gasteiger partial charge is 0.243 e. The molecule has 3 aromatic carbocycles. The molecule has 0 radical (unpaired) electrons. The number of aryl methyl sites for hydroxylation is 2. The van der Waals surface area contributed by atoms with Gasteiger partial charge >= 0.3 is 0 Å². The molecule has 0 saturated carbocycles. The predicted molar refractivity (Wildman–Crippen MR) is 121 cm³/mol. The fourth-order valence-corrected chi connectivity index (χ4v) is 3.47. The molecule has 2 amide bonds. The monoisotopic (exact) mass is 413 g/mol. The molecule has 0 unspecified atom stereocenters. The summed E-state index contributed by atoms with van der Waals surface area (Å²) in [4.78, 5) is 29.1. The summed E-state index contributed by atoms with van der Waals surface area (Å²) >= 11 is 0. The summed E-state index contributed by atoms with van der Waals surface area (Å²) in [5.74, 6) is 0.00510. The van der Waals surface area contributed by atoms with E-state index in [4.69, 9.17) is 4.42 Å². The molecule has 2 N–H and O–H groups in total. The van der Waals surface area contributed by atoms with Gasteiger partial charge in [0.2, 0.25) is 17.7 Å². The number of nitrogens with zero attached hydrogens (tertiary/aromatic N) is 1. The lowest BCUT2D eigenvalue weighted by atomic mass is 10.0. The number of anilines is 1. The van der Waals surface area contributed by atoms with Gasteiger partial charge in [0.25, 0.3) is 0 Å². The van der Waals surface area contributed by atoms with Crippen LogP contribution >= 0.6 is 0 Å². The quantitative estimate of drug-likeness (QED) is 0.490. The van der Waals surface area contributed by atoms with E-state index in [9.17, 15) is 9.59 Å². The summed E-state index contributed by atoms with van der Waals surface area (Å²) in [5, 5.41) is 7.63. The highest BCUT2D eigenvalue weighted by atomic mass is 16.3. The average molecular weight is 413 g/mol. The van der Waals surface area contributed by atoms with Gasteiger partial charge in [-0.3, -0.25) is 9.59 Å². The lowest BCUT2D eigenvalue weighted by Gasteiger charge is -2.10. The molecule has 0 bridgehead atoms. The third-order valence-electron chi connectivity index (χ3n) is 5.05. The third kappa shape index (κ3) is 4.80. The second-order valence-corrected chi connectivity index (χ2v) is 7.46. The number of rotatable bonds is 6. The van der Waals surface area contributed by atoms with Crippen LogP contribution in [0.15, 0.2) is 71.3 Å². The summed E-state index contributed by atoms with van der Waals surface area (Å²) in [7, 11) is 0. The second kappa shape index (κ2) is 8.83. The van der Waals surface area contributed by atoms with Crippen LogP contribution in [0.5, 0.6) is 0 Å². The van der Waals surface area contributed by atoms with E-state index in [1.807, 2.05) is 74.5 Å². The number of fused-ring (bicyclic) bond motifs is 1. The number of benzene rings is 3. The van der Waals surface area contributed by atoms with E-state index in [1.165, 1.54) is 0 Å². The Morgan fingerprint density at radius 1 is 0.968 bits per heavy atom. The number of hydrogen-bond donors (Lipinski definition) is 2. The van der Waals surface area contributed by atoms with Crippen LogP contribution in [0.2, 0.25) is 0 Å². The van der Waals surface area contributed by atoms with Gasteiger partial charge in [-0.15, -0.1) is 0 Å². The number of amides is 2. The van der Waals surface area contributed by atoms with Crippen LogP contribution in [-0.2, 0) is 16.0 Å². The van der Waals surface area contributed by atoms with E-state index in [0.717, 1.165) is 33.2 Å². The lowest BCUT2D eigenvalue weighted by Crippen LogP contribution is -2.33. The Morgan fingerprint density at radius 3 is 2.58 bits per heavy atom. The van der Waals surface area contributed by atoms with Crippen molar-refractivity contribution in [3.8, 4) is 11.5 Å². The van der Waals surface area contributed by atoms with E-state index >= 15 is 0 Å². The maximum atomic E-state index is 12.4. The molecular weight excluding hydrogens is 390 g/mol. The first-order valence-electron chi connectivity index (χ1n) is 10.1. The first-order valence-corrected chi connectivity index (χ1v) is 10.1. The summed E-state index contributed by atoms with van der Waals surface area (Å²) < 4.78 is 5.48. The molecule has 0 spiro atoms. The summed E-state index contributed by atoms with van der Waals surface area (Å²) in [6.45, 7) is 3.70. The zero-order valence-corrected chi connectivity index (χ0v) is 17.4. The van der Waals surface area contributed by atoms with Crippen molar-refractivity contribution >= 4 is 28.3 Å². The number of aromatic nitrogens is 1. The van der Waals surface area contributed by atoms with Crippen LogP contribution in [0.4, 0.5) is 5.69 Å².